The molecule has 0 aliphatic rings. The van der Waals surface area contributed by atoms with Gasteiger partial charge in [-0.2, -0.15) is 0 Å². The average molecular weight is 294 g/mol. The number of benzene rings is 2. The molecule has 6 nitrogen and oxygen atoms in total. The van der Waals surface area contributed by atoms with Gasteiger partial charge in [-0.1, -0.05) is 0 Å². The summed E-state index contributed by atoms with van der Waals surface area (Å²) in [5.41, 5.74) is -0.597. The highest BCUT2D eigenvalue weighted by atomic mass is 19.2. The van der Waals surface area contributed by atoms with Crippen LogP contribution in [0, 0.1) is 21.7 Å². The molecule has 2 rings (SSSR count). The van der Waals surface area contributed by atoms with E-state index < -0.39 is 28.2 Å². The van der Waals surface area contributed by atoms with Gasteiger partial charge in [0.15, 0.2) is 11.6 Å². The Hall–Kier alpha value is -3.03. The lowest BCUT2D eigenvalue weighted by Crippen LogP contribution is -2.12. The minimum absolute atomic E-state index is 0.0877. The highest BCUT2D eigenvalue weighted by Gasteiger charge is 2.14. The molecule has 108 valence electrons. The number of phenols is 1. The number of non-ortho nitro benzene ring substituents is 1. The van der Waals surface area contributed by atoms with Crippen LogP contribution in [-0.4, -0.2) is 15.9 Å². The summed E-state index contributed by atoms with van der Waals surface area (Å²) in [7, 11) is 0. The van der Waals surface area contributed by atoms with Gasteiger partial charge in [0.1, 0.15) is 5.75 Å². The van der Waals surface area contributed by atoms with E-state index in [0.29, 0.717) is 6.07 Å². The summed E-state index contributed by atoms with van der Waals surface area (Å²) >= 11 is 0. The SMILES string of the molecule is O=C(Nc1ccc([N+](=O)[O-])cc1O)c1ccc(F)c(F)c1. The lowest BCUT2D eigenvalue weighted by atomic mass is 10.2. The highest BCUT2D eigenvalue weighted by Crippen LogP contribution is 2.28. The molecule has 2 N–H and O–H groups in total. The van der Waals surface area contributed by atoms with Crippen molar-refractivity contribution in [2.45, 2.75) is 0 Å². The molecule has 0 spiro atoms. The molecule has 0 unspecified atom stereocenters. The van der Waals surface area contributed by atoms with Crippen molar-refractivity contribution in [1.82, 2.24) is 0 Å². The van der Waals surface area contributed by atoms with Crippen LogP contribution >= 0.6 is 0 Å². The van der Waals surface area contributed by atoms with E-state index in [1.807, 2.05) is 0 Å². The molecule has 0 saturated carbocycles. The molecule has 21 heavy (non-hydrogen) atoms. The minimum Gasteiger partial charge on any atom is -0.506 e. The Kier molecular flexibility index (Phi) is 3.79. The van der Waals surface area contributed by atoms with Crippen LogP contribution in [0.15, 0.2) is 36.4 Å². The van der Waals surface area contributed by atoms with Crippen LogP contribution in [0.5, 0.6) is 5.75 Å². The summed E-state index contributed by atoms with van der Waals surface area (Å²) in [5.74, 6) is -3.58. The summed E-state index contributed by atoms with van der Waals surface area (Å²) < 4.78 is 25.8. The Morgan fingerprint density at radius 3 is 2.43 bits per heavy atom. The summed E-state index contributed by atoms with van der Waals surface area (Å²) in [6.45, 7) is 0. The minimum atomic E-state index is -1.18. The number of halogens is 2. The predicted molar refractivity (Wildman–Crippen MR) is 69.1 cm³/mol. The van der Waals surface area contributed by atoms with Crippen molar-refractivity contribution in [3.63, 3.8) is 0 Å². The molecule has 0 aliphatic carbocycles. The van der Waals surface area contributed by atoms with Gasteiger partial charge in [0.05, 0.1) is 16.7 Å². The van der Waals surface area contributed by atoms with E-state index >= 15 is 0 Å². The smallest absolute Gasteiger partial charge is 0.273 e. The fourth-order valence-electron chi connectivity index (χ4n) is 1.57. The number of nitro benzene ring substituents is 1. The van der Waals surface area contributed by atoms with Gasteiger partial charge >= 0.3 is 0 Å². The van der Waals surface area contributed by atoms with Crippen molar-refractivity contribution in [3.05, 3.63) is 63.7 Å². The number of nitro groups is 1. The van der Waals surface area contributed by atoms with Gasteiger partial charge in [0.2, 0.25) is 0 Å². The van der Waals surface area contributed by atoms with E-state index in [4.69, 9.17) is 0 Å². The van der Waals surface area contributed by atoms with Crippen LogP contribution in [0.4, 0.5) is 20.2 Å². The van der Waals surface area contributed by atoms with Crippen molar-refractivity contribution < 1.29 is 23.6 Å². The highest BCUT2D eigenvalue weighted by molar-refractivity contribution is 6.05. The molecule has 0 aliphatic heterocycles. The number of amides is 1. The summed E-state index contributed by atoms with van der Waals surface area (Å²) in [5, 5.41) is 22.3. The Morgan fingerprint density at radius 1 is 1.14 bits per heavy atom. The Bertz CT molecular complexity index is 734. The van der Waals surface area contributed by atoms with Crippen molar-refractivity contribution in [2.24, 2.45) is 0 Å². The third-order valence-corrected chi connectivity index (χ3v) is 2.62. The standard InChI is InChI=1S/C13H8F2N2O4/c14-9-3-1-7(5-10(9)15)13(19)16-11-4-2-8(17(20)21)6-12(11)18/h1-6,18H,(H,16,19). The van der Waals surface area contributed by atoms with Crippen LogP contribution < -0.4 is 5.32 Å². The first-order valence-corrected chi connectivity index (χ1v) is 5.62. The van der Waals surface area contributed by atoms with E-state index in [-0.39, 0.29) is 16.9 Å². The molecule has 1 amide bonds. The molecule has 8 heteroatoms. The number of rotatable bonds is 3. The van der Waals surface area contributed by atoms with Crippen LogP contribution in [0.25, 0.3) is 0 Å². The molecule has 0 saturated heterocycles. The van der Waals surface area contributed by atoms with E-state index in [1.54, 1.807) is 0 Å². The zero-order valence-electron chi connectivity index (χ0n) is 10.3. The Labute approximate surface area is 116 Å². The third-order valence-electron chi connectivity index (χ3n) is 2.62. The Balaban J connectivity index is 2.23. The predicted octanol–water partition coefficient (Wildman–Crippen LogP) is 2.83. The van der Waals surface area contributed by atoms with Gasteiger partial charge in [-0.15, -0.1) is 0 Å². The number of carbonyl (C=O) groups is 1. The molecule has 0 atom stereocenters. The van der Waals surface area contributed by atoms with Crippen molar-refractivity contribution >= 4 is 17.3 Å². The summed E-state index contributed by atoms with van der Waals surface area (Å²) in [4.78, 5) is 21.6. The second-order valence-electron chi connectivity index (χ2n) is 4.04. The molecule has 0 fully saturated rings. The van der Waals surface area contributed by atoms with Crippen molar-refractivity contribution in [1.29, 1.82) is 0 Å². The summed E-state index contributed by atoms with van der Waals surface area (Å²) in [6, 6.07) is 5.63. The van der Waals surface area contributed by atoms with Crippen LogP contribution in [-0.2, 0) is 0 Å². The maximum absolute atomic E-state index is 13.0. The molecule has 2 aromatic carbocycles. The van der Waals surface area contributed by atoms with Crippen molar-refractivity contribution in [2.75, 3.05) is 5.32 Å². The average Bonchev–Trinajstić information content (AvgIpc) is 2.43. The van der Waals surface area contributed by atoms with E-state index in [1.165, 1.54) is 0 Å². The molecule has 0 radical (unpaired) electrons. The van der Waals surface area contributed by atoms with Gasteiger partial charge in [0.25, 0.3) is 11.6 Å². The van der Waals surface area contributed by atoms with Gasteiger partial charge in [-0.3, -0.25) is 14.9 Å². The number of phenolic OH excluding ortho intramolecular Hbond substituents is 1. The molecule has 0 aromatic heterocycles. The monoisotopic (exact) mass is 294 g/mol. The first kappa shape index (κ1) is 14.4. The number of anilines is 1. The fraction of sp³-hybridized carbons (Fsp3) is 0. The van der Waals surface area contributed by atoms with Gasteiger partial charge < -0.3 is 10.4 Å². The quantitative estimate of drug-likeness (QED) is 0.517. The van der Waals surface area contributed by atoms with Gasteiger partial charge in [-0.25, -0.2) is 8.78 Å². The number of hydrogen-bond donors (Lipinski definition) is 2. The number of hydrogen-bond acceptors (Lipinski definition) is 4. The third kappa shape index (κ3) is 3.11. The Morgan fingerprint density at radius 2 is 1.86 bits per heavy atom. The largest absolute Gasteiger partial charge is 0.506 e. The maximum atomic E-state index is 13.0. The van der Waals surface area contributed by atoms with Gasteiger partial charge in [0, 0.05) is 11.6 Å². The molecule has 0 heterocycles. The fourth-order valence-corrected chi connectivity index (χ4v) is 1.57. The molecule has 2 aromatic rings. The normalized spacial score (nSPS) is 10.2. The maximum Gasteiger partial charge on any atom is 0.273 e. The van der Waals surface area contributed by atoms with Crippen LogP contribution in [0.3, 0.4) is 0 Å². The number of aromatic hydroxyl groups is 1. The first-order chi connectivity index (χ1) is 9.88. The number of nitrogens with one attached hydrogen (secondary N) is 1. The topological polar surface area (TPSA) is 92.5 Å². The van der Waals surface area contributed by atoms with Crippen molar-refractivity contribution in [3.8, 4) is 5.75 Å². The first-order valence-electron chi connectivity index (χ1n) is 5.62. The lowest BCUT2D eigenvalue weighted by Gasteiger charge is -2.07. The molecular formula is C13H8F2N2O4. The zero-order chi connectivity index (χ0) is 15.6. The second kappa shape index (κ2) is 5.53. The number of carbonyl (C=O) groups excluding carboxylic acids is 1. The summed E-state index contributed by atoms with van der Waals surface area (Å²) in [6.07, 6.45) is 0. The molecule has 0 bridgehead atoms. The zero-order valence-corrected chi connectivity index (χ0v) is 10.3. The lowest BCUT2D eigenvalue weighted by molar-refractivity contribution is -0.384. The number of nitrogens with zero attached hydrogens (tertiary/aromatic N) is 1. The van der Waals surface area contributed by atoms with Gasteiger partial charge in [-0.05, 0) is 24.3 Å². The molecular weight excluding hydrogens is 286 g/mol. The van der Waals surface area contributed by atoms with E-state index in [9.17, 15) is 28.8 Å². The second-order valence-corrected chi connectivity index (χ2v) is 4.04. The van der Waals surface area contributed by atoms with E-state index in [2.05, 4.69) is 5.32 Å². The van der Waals surface area contributed by atoms with Crippen LogP contribution in [0.2, 0.25) is 0 Å². The van der Waals surface area contributed by atoms with E-state index in [0.717, 1.165) is 30.3 Å². The van der Waals surface area contributed by atoms with Crippen LogP contribution in [0.1, 0.15) is 10.4 Å².